The van der Waals surface area contributed by atoms with E-state index < -0.39 is 0 Å². The van der Waals surface area contributed by atoms with Crippen LogP contribution in [-0.4, -0.2) is 23.9 Å². The van der Waals surface area contributed by atoms with E-state index in [2.05, 4.69) is 9.88 Å². The van der Waals surface area contributed by atoms with E-state index in [0.717, 1.165) is 35.4 Å². The van der Waals surface area contributed by atoms with Crippen LogP contribution in [0, 0.1) is 0 Å². The third kappa shape index (κ3) is 1.62. The molecule has 0 spiro atoms. The Labute approximate surface area is 100 Å². The first kappa shape index (κ1) is 10.4. The van der Waals surface area contributed by atoms with Gasteiger partial charge in [-0.15, -0.1) is 0 Å². The second-order valence-corrected chi connectivity index (χ2v) is 4.64. The summed E-state index contributed by atoms with van der Waals surface area (Å²) in [5.41, 5.74) is 1.90. The Morgan fingerprint density at radius 1 is 1.24 bits per heavy atom. The molecular weight excluding hydrogens is 212 g/mol. The highest BCUT2D eigenvalue weighted by atomic mass is 16.1. The fourth-order valence-corrected chi connectivity index (χ4v) is 2.66. The summed E-state index contributed by atoms with van der Waals surface area (Å²) in [7, 11) is 0. The quantitative estimate of drug-likeness (QED) is 0.802. The van der Waals surface area contributed by atoms with Gasteiger partial charge in [-0.1, -0.05) is 18.2 Å². The number of hydrogen-bond acceptors (Lipinski definition) is 2. The highest BCUT2D eigenvalue weighted by Gasteiger charge is 2.21. The first-order valence-electron chi connectivity index (χ1n) is 6.14. The lowest BCUT2D eigenvalue weighted by Crippen LogP contribution is -2.20. The van der Waals surface area contributed by atoms with Crippen molar-refractivity contribution in [3.63, 3.8) is 0 Å². The molecular formula is C14H16N2O. The van der Waals surface area contributed by atoms with E-state index in [9.17, 15) is 4.79 Å². The highest BCUT2D eigenvalue weighted by molar-refractivity contribution is 6.11. The average molecular weight is 228 g/mol. The SMILES string of the molecule is CC(=O)c1c(N2CCCC2)[nH]c2ccccc12. The molecule has 1 aromatic carbocycles. The van der Waals surface area contributed by atoms with Crippen molar-refractivity contribution in [1.82, 2.24) is 4.98 Å². The van der Waals surface area contributed by atoms with Crippen LogP contribution in [0.1, 0.15) is 30.1 Å². The third-order valence-corrected chi connectivity index (χ3v) is 3.46. The lowest BCUT2D eigenvalue weighted by molar-refractivity contribution is 0.102. The van der Waals surface area contributed by atoms with E-state index in [1.165, 1.54) is 12.8 Å². The molecule has 3 heteroatoms. The zero-order chi connectivity index (χ0) is 11.8. The largest absolute Gasteiger partial charge is 0.358 e. The number of benzene rings is 1. The Kier molecular flexibility index (Phi) is 2.39. The summed E-state index contributed by atoms with van der Waals surface area (Å²) < 4.78 is 0. The van der Waals surface area contributed by atoms with Gasteiger partial charge in [0, 0.05) is 24.0 Å². The van der Waals surface area contributed by atoms with E-state index in [-0.39, 0.29) is 5.78 Å². The van der Waals surface area contributed by atoms with Crippen molar-refractivity contribution in [2.24, 2.45) is 0 Å². The van der Waals surface area contributed by atoms with E-state index in [0.29, 0.717) is 0 Å². The number of para-hydroxylation sites is 1. The average Bonchev–Trinajstić information content (AvgIpc) is 2.95. The molecule has 1 saturated heterocycles. The molecule has 0 radical (unpaired) electrons. The van der Waals surface area contributed by atoms with Gasteiger partial charge < -0.3 is 9.88 Å². The Bertz CT molecular complexity index is 565. The zero-order valence-electron chi connectivity index (χ0n) is 9.99. The molecule has 2 aromatic rings. The molecule has 3 rings (SSSR count). The Balaban J connectivity index is 2.22. The summed E-state index contributed by atoms with van der Waals surface area (Å²) in [6, 6.07) is 8.02. The predicted octanol–water partition coefficient (Wildman–Crippen LogP) is 2.97. The molecule has 2 heterocycles. The van der Waals surface area contributed by atoms with Crippen molar-refractivity contribution >= 4 is 22.5 Å². The first-order chi connectivity index (χ1) is 8.27. The molecule has 1 aliphatic heterocycles. The van der Waals surface area contributed by atoms with Crippen LogP contribution in [0.5, 0.6) is 0 Å². The number of carbonyl (C=O) groups is 1. The summed E-state index contributed by atoms with van der Waals surface area (Å²) in [6.07, 6.45) is 2.43. The number of hydrogen-bond donors (Lipinski definition) is 1. The smallest absolute Gasteiger partial charge is 0.164 e. The molecule has 17 heavy (non-hydrogen) atoms. The van der Waals surface area contributed by atoms with Gasteiger partial charge in [-0.3, -0.25) is 4.79 Å². The Morgan fingerprint density at radius 2 is 1.94 bits per heavy atom. The molecule has 0 aliphatic carbocycles. The van der Waals surface area contributed by atoms with E-state index in [1.54, 1.807) is 6.92 Å². The number of aromatic nitrogens is 1. The number of carbonyl (C=O) groups excluding carboxylic acids is 1. The maximum Gasteiger partial charge on any atom is 0.164 e. The molecule has 1 fully saturated rings. The number of fused-ring (bicyclic) bond motifs is 1. The molecule has 88 valence electrons. The van der Waals surface area contributed by atoms with E-state index in [1.807, 2.05) is 24.3 Å². The molecule has 3 nitrogen and oxygen atoms in total. The van der Waals surface area contributed by atoms with Gasteiger partial charge >= 0.3 is 0 Å². The van der Waals surface area contributed by atoms with Gasteiger partial charge in [0.2, 0.25) is 0 Å². The van der Waals surface area contributed by atoms with Crippen LogP contribution in [-0.2, 0) is 0 Å². The van der Waals surface area contributed by atoms with Crippen molar-refractivity contribution in [2.75, 3.05) is 18.0 Å². The number of anilines is 1. The Morgan fingerprint density at radius 3 is 2.65 bits per heavy atom. The van der Waals surface area contributed by atoms with Crippen LogP contribution in [0.15, 0.2) is 24.3 Å². The molecule has 1 aromatic heterocycles. The fourth-order valence-electron chi connectivity index (χ4n) is 2.66. The van der Waals surface area contributed by atoms with Gasteiger partial charge in [-0.05, 0) is 25.8 Å². The molecule has 1 N–H and O–H groups in total. The third-order valence-electron chi connectivity index (χ3n) is 3.46. The van der Waals surface area contributed by atoms with Crippen LogP contribution < -0.4 is 4.90 Å². The van der Waals surface area contributed by atoms with Crippen LogP contribution in [0.4, 0.5) is 5.82 Å². The van der Waals surface area contributed by atoms with E-state index >= 15 is 0 Å². The second kappa shape index (κ2) is 3.91. The molecule has 0 unspecified atom stereocenters. The molecule has 0 amide bonds. The number of nitrogens with zero attached hydrogens (tertiary/aromatic N) is 1. The van der Waals surface area contributed by atoms with Gasteiger partial charge in [0.15, 0.2) is 5.78 Å². The van der Waals surface area contributed by atoms with Crippen molar-refractivity contribution < 1.29 is 4.79 Å². The maximum absolute atomic E-state index is 11.9. The van der Waals surface area contributed by atoms with Crippen molar-refractivity contribution in [3.05, 3.63) is 29.8 Å². The van der Waals surface area contributed by atoms with Gasteiger partial charge in [-0.25, -0.2) is 0 Å². The number of ketones is 1. The molecule has 0 atom stereocenters. The monoisotopic (exact) mass is 228 g/mol. The number of aromatic amines is 1. The van der Waals surface area contributed by atoms with Crippen LogP contribution in [0.2, 0.25) is 0 Å². The minimum absolute atomic E-state index is 0.143. The van der Waals surface area contributed by atoms with E-state index in [4.69, 9.17) is 0 Å². The summed E-state index contributed by atoms with van der Waals surface area (Å²) in [6.45, 7) is 3.75. The minimum Gasteiger partial charge on any atom is -0.358 e. The lowest BCUT2D eigenvalue weighted by atomic mass is 10.1. The maximum atomic E-state index is 11.9. The fraction of sp³-hybridized carbons (Fsp3) is 0.357. The van der Waals surface area contributed by atoms with Gasteiger partial charge in [-0.2, -0.15) is 0 Å². The summed E-state index contributed by atoms with van der Waals surface area (Å²) in [5, 5.41) is 1.04. The van der Waals surface area contributed by atoms with Gasteiger partial charge in [0.05, 0.1) is 5.56 Å². The second-order valence-electron chi connectivity index (χ2n) is 4.64. The molecule has 1 aliphatic rings. The predicted molar refractivity (Wildman–Crippen MR) is 69.8 cm³/mol. The van der Waals surface area contributed by atoms with Gasteiger partial charge in [0.1, 0.15) is 5.82 Å². The van der Waals surface area contributed by atoms with Crippen LogP contribution in [0.3, 0.4) is 0 Å². The standard InChI is InChI=1S/C14H16N2O/c1-10(17)13-11-6-2-3-7-12(11)15-14(13)16-8-4-5-9-16/h2-3,6-7,15H,4-5,8-9H2,1H3. The zero-order valence-corrected chi connectivity index (χ0v) is 9.99. The summed E-state index contributed by atoms with van der Waals surface area (Å²) in [4.78, 5) is 17.5. The summed E-state index contributed by atoms with van der Waals surface area (Å²) >= 11 is 0. The number of nitrogens with one attached hydrogen (secondary N) is 1. The van der Waals surface area contributed by atoms with Crippen LogP contribution in [0.25, 0.3) is 10.9 Å². The first-order valence-corrected chi connectivity index (χ1v) is 6.14. The van der Waals surface area contributed by atoms with Crippen molar-refractivity contribution in [3.8, 4) is 0 Å². The molecule has 0 saturated carbocycles. The van der Waals surface area contributed by atoms with Crippen molar-refractivity contribution in [1.29, 1.82) is 0 Å². The number of Topliss-reactive ketones (excluding diaryl/α,β-unsaturated/α-hetero) is 1. The number of rotatable bonds is 2. The Hall–Kier alpha value is -1.77. The lowest BCUT2D eigenvalue weighted by Gasteiger charge is -2.16. The minimum atomic E-state index is 0.143. The highest BCUT2D eigenvalue weighted by Crippen LogP contribution is 2.31. The van der Waals surface area contributed by atoms with Gasteiger partial charge in [0.25, 0.3) is 0 Å². The molecule has 0 bridgehead atoms. The normalized spacial score (nSPS) is 15.7. The number of H-pyrrole nitrogens is 1. The summed E-state index contributed by atoms with van der Waals surface area (Å²) in [5.74, 6) is 1.15. The van der Waals surface area contributed by atoms with Crippen LogP contribution >= 0.6 is 0 Å². The topological polar surface area (TPSA) is 36.1 Å². The van der Waals surface area contributed by atoms with Crippen molar-refractivity contribution in [2.45, 2.75) is 19.8 Å².